The van der Waals surface area contributed by atoms with Gasteiger partial charge in [0, 0.05) is 12.2 Å². The zero-order valence-electron chi connectivity index (χ0n) is 6.23. The van der Waals surface area contributed by atoms with Gasteiger partial charge >= 0.3 is 0 Å². The molecule has 1 heterocycles. The zero-order chi connectivity index (χ0) is 8.10. The van der Waals surface area contributed by atoms with E-state index in [1.54, 1.807) is 6.07 Å². The summed E-state index contributed by atoms with van der Waals surface area (Å²) in [5, 5.41) is 17.8. The summed E-state index contributed by atoms with van der Waals surface area (Å²) in [4.78, 5) is 0. The Bertz CT molecular complexity index is 181. The minimum Gasteiger partial charge on any atom is -0.472 e. The second-order valence-corrected chi connectivity index (χ2v) is 2.44. The summed E-state index contributed by atoms with van der Waals surface area (Å²) in [6.45, 7) is 0.120. The first-order valence-electron chi connectivity index (χ1n) is 3.65. The quantitative estimate of drug-likeness (QED) is 0.686. The van der Waals surface area contributed by atoms with Crippen molar-refractivity contribution >= 4 is 0 Å². The van der Waals surface area contributed by atoms with Gasteiger partial charge in [-0.1, -0.05) is 0 Å². The second-order valence-electron chi connectivity index (χ2n) is 2.44. The normalized spacial score (nSPS) is 13.3. The molecule has 1 aromatic rings. The molecule has 1 atom stereocenters. The highest BCUT2D eigenvalue weighted by molar-refractivity contribution is 5.08. The van der Waals surface area contributed by atoms with Gasteiger partial charge < -0.3 is 14.6 Å². The van der Waals surface area contributed by atoms with Crippen LogP contribution in [0.1, 0.15) is 24.5 Å². The molecule has 0 bridgehead atoms. The molecule has 3 heteroatoms. The van der Waals surface area contributed by atoms with Crippen molar-refractivity contribution in [3.8, 4) is 0 Å². The lowest BCUT2D eigenvalue weighted by Crippen LogP contribution is -1.96. The number of aliphatic hydroxyl groups is 2. The fraction of sp³-hybridized carbons (Fsp3) is 0.500. The number of rotatable bonds is 4. The van der Waals surface area contributed by atoms with Crippen molar-refractivity contribution in [3.63, 3.8) is 0 Å². The average Bonchev–Trinajstić information content (AvgIpc) is 2.52. The van der Waals surface area contributed by atoms with Crippen LogP contribution < -0.4 is 0 Å². The lowest BCUT2D eigenvalue weighted by atomic mass is 10.1. The maximum absolute atomic E-state index is 9.37. The molecular weight excluding hydrogens is 144 g/mol. The van der Waals surface area contributed by atoms with Crippen LogP contribution in [-0.2, 0) is 0 Å². The predicted octanol–water partition coefficient (Wildman–Crippen LogP) is 1.09. The van der Waals surface area contributed by atoms with Gasteiger partial charge in [-0.15, -0.1) is 0 Å². The minimum atomic E-state index is -0.499. The van der Waals surface area contributed by atoms with Crippen molar-refractivity contribution in [1.29, 1.82) is 0 Å². The summed E-state index contributed by atoms with van der Waals surface area (Å²) in [6, 6.07) is 1.72. The molecule has 0 amide bonds. The van der Waals surface area contributed by atoms with Crippen molar-refractivity contribution < 1.29 is 14.6 Å². The third-order valence-electron chi connectivity index (χ3n) is 1.56. The van der Waals surface area contributed by atoms with Crippen molar-refractivity contribution in [2.45, 2.75) is 18.9 Å². The van der Waals surface area contributed by atoms with E-state index in [0.717, 1.165) is 5.56 Å². The summed E-state index contributed by atoms with van der Waals surface area (Å²) >= 11 is 0. The highest BCUT2D eigenvalue weighted by Crippen LogP contribution is 2.17. The van der Waals surface area contributed by atoms with E-state index in [9.17, 15) is 5.11 Å². The van der Waals surface area contributed by atoms with Crippen LogP contribution in [0.15, 0.2) is 23.0 Å². The molecule has 1 aromatic heterocycles. The molecule has 0 spiro atoms. The molecule has 11 heavy (non-hydrogen) atoms. The topological polar surface area (TPSA) is 53.6 Å². The number of hydrogen-bond acceptors (Lipinski definition) is 3. The smallest absolute Gasteiger partial charge is 0.0960 e. The molecule has 0 saturated heterocycles. The van der Waals surface area contributed by atoms with Crippen LogP contribution >= 0.6 is 0 Å². The Balaban J connectivity index is 2.36. The molecule has 0 fully saturated rings. The minimum absolute atomic E-state index is 0.120. The van der Waals surface area contributed by atoms with E-state index in [2.05, 4.69) is 0 Å². The Morgan fingerprint density at radius 3 is 2.91 bits per heavy atom. The standard InChI is InChI=1S/C8H12O3/c9-4-1-2-8(10)7-3-5-11-6-7/h3,5-6,8-10H,1-2,4H2/t8-/m0/s1. The maximum atomic E-state index is 9.37. The van der Waals surface area contributed by atoms with Gasteiger partial charge in [0.25, 0.3) is 0 Å². The lowest BCUT2D eigenvalue weighted by molar-refractivity contribution is 0.151. The molecule has 0 aliphatic rings. The van der Waals surface area contributed by atoms with Gasteiger partial charge in [-0.2, -0.15) is 0 Å². The van der Waals surface area contributed by atoms with Gasteiger partial charge in [0.1, 0.15) is 0 Å². The van der Waals surface area contributed by atoms with Crippen LogP contribution in [0.4, 0.5) is 0 Å². The van der Waals surface area contributed by atoms with E-state index in [0.29, 0.717) is 12.8 Å². The van der Waals surface area contributed by atoms with Crippen molar-refractivity contribution in [1.82, 2.24) is 0 Å². The van der Waals surface area contributed by atoms with E-state index in [1.165, 1.54) is 12.5 Å². The molecule has 0 radical (unpaired) electrons. The first kappa shape index (κ1) is 8.30. The summed E-state index contributed by atoms with van der Waals surface area (Å²) in [7, 11) is 0. The molecule has 0 aliphatic heterocycles. The molecule has 2 N–H and O–H groups in total. The third-order valence-corrected chi connectivity index (χ3v) is 1.56. The Labute approximate surface area is 65.3 Å². The molecule has 3 nitrogen and oxygen atoms in total. The van der Waals surface area contributed by atoms with Gasteiger partial charge in [0.2, 0.25) is 0 Å². The number of hydrogen-bond donors (Lipinski definition) is 2. The third kappa shape index (κ3) is 2.37. The highest BCUT2D eigenvalue weighted by Gasteiger charge is 2.06. The Morgan fingerprint density at radius 2 is 2.36 bits per heavy atom. The zero-order valence-corrected chi connectivity index (χ0v) is 6.23. The van der Waals surface area contributed by atoms with Crippen LogP contribution in [0.2, 0.25) is 0 Å². The summed E-state index contributed by atoms with van der Waals surface area (Å²) < 4.78 is 4.79. The lowest BCUT2D eigenvalue weighted by Gasteiger charge is -2.05. The van der Waals surface area contributed by atoms with E-state index < -0.39 is 6.10 Å². The van der Waals surface area contributed by atoms with Crippen LogP contribution in [0.3, 0.4) is 0 Å². The molecule has 0 aromatic carbocycles. The fourth-order valence-corrected chi connectivity index (χ4v) is 0.916. The van der Waals surface area contributed by atoms with Crippen LogP contribution in [0.5, 0.6) is 0 Å². The van der Waals surface area contributed by atoms with E-state index in [4.69, 9.17) is 9.52 Å². The first-order chi connectivity index (χ1) is 5.34. The van der Waals surface area contributed by atoms with E-state index in [1.807, 2.05) is 0 Å². The molecule has 0 unspecified atom stereocenters. The van der Waals surface area contributed by atoms with Crippen molar-refractivity contribution in [3.05, 3.63) is 24.2 Å². The Morgan fingerprint density at radius 1 is 1.55 bits per heavy atom. The van der Waals surface area contributed by atoms with E-state index in [-0.39, 0.29) is 6.61 Å². The Hall–Kier alpha value is -0.800. The maximum Gasteiger partial charge on any atom is 0.0960 e. The number of furan rings is 1. The second kappa shape index (κ2) is 4.16. The van der Waals surface area contributed by atoms with Crippen LogP contribution in [0.25, 0.3) is 0 Å². The van der Waals surface area contributed by atoms with Gasteiger partial charge in [-0.25, -0.2) is 0 Å². The van der Waals surface area contributed by atoms with Crippen molar-refractivity contribution in [2.75, 3.05) is 6.61 Å². The number of aliphatic hydroxyl groups excluding tert-OH is 2. The van der Waals surface area contributed by atoms with Gasteiger partial charge in [-0.05, 0) is 18.9 Å². The summed E-state index contributed by atoms with van der Waals surface area (Å²) in [5.41, 5.74) is 0.776. The molecule has 1 rings (SSSR count). The van der Waals surface area contributed by atoms with E-state index >= 15 is 0 Å². The van der Waals surface area contributed by atoms with Gasteiger partial charge in [0.05, 0.1) is 18.6 Å². The van der Waals surface area contributed by atoms with Crippen LogP contribution in [-0.4, -0.2) is 16.8 Å². The summed E-state index contributed by atoms with van der Waals surface area (Å²) in [5.74, 6) is 0. The first-order valence-corrected chi connectivity index (χ1v) is 3.65. The molecular formula is C8H12O3. The summed E-state index contributed by atoms with van der Waals surface area (Å²) in [6.07, 6.45) is 3.74. The Kier molecular flexibility index (Phi) is 3.14. The molecule has 0 aliphatic carbocycles. The van der Waals surface area contributed by atoms with Crippen molar-refractivity contribution in [2.24, 2.45) is 0 Å². The highest BCUT2D eigenvalue weighted by atomic mass is 16.3. The van der Waals surface area contributed by atoms with Gasteiger partial charge in [0.15, 0.2) is 0 Å². The van der Waals surface area contributed by atoms with Gasteiger partial charge in [-0.3, -0.25) is 0 Å². The largest absolute Gasteiger partial charge is 0.472 e. The fourth-order valence-electron chi connectivity index (χ4n) is 0.916. The SMILES string of the molecule is OCCC[C@H](O)c1ccoc1. The predicted molar refractivity (Wildman–Crippen MR) is 40.0 cm³/mol. The molecule has 62 valence electrons. The molecule has 0 saturated carbocycles. The van der Waals surface area contributed by atoms with Crippen LogP contribution in [0, 0.1) is 0 Å². The average molecular weight is 156 g/mol. The monoisotopic (exact) mass is 156 g/mol.